The highest BCUT2D eigenvalue weighted by atomic mass is 16.5. The molecule has 0 spiro atoms. The van der Waals surface area contributed by atoms with E-state index in [0.717, 1.165) is 18.7 Å². The van der Waals surface area contributed by atoms with E-state index in [0.29, 0.717) is 31.2 Å². The van der Waals surface area contributed by atoms with Gasteiger partial charge in [-0.3, -0.25) is 0 Å². The molecule has 1 fully saturated rings. The Kier molecular flexibility index (Phi) is 4.48. The summed E-state index contributed by atoms with van der Waals surface area (Å²) >= 11 is 0. The Balaban J connectivity index is 2.17. The van der Waals surface area contributed by atoms with Gasteiger partial charge >= 0.3 is 0 Å². The molecule has 1 aliphatic heterocycles. The molecule has 0 aliphatic carbocycles. The molecule has 0 saturated carbocycles. The van der Waals surface area contributed by atoms with E-state index in [9.17, 15) is 0 Å². The van der Waals surface area contributed by atoms with Crippen molar-refractivity contribution in [1.82, 2.24) is 0 Å². The number of ether oxygens (including phenoxy) is 2. The maximum atomic E-state index is 8.94. The first-order valence-corrected chi connectivity index (χ1v) is 6.53. The zero-order valence-corrected chi connectivity index (χ0v) is 11.1. The van der Waals surface area contributed by atoms with Crippen LogP contribution in [0.4, 0.5) is 11.4 Å². The van der Waals surface area contributed by atoms with E-state index in [1.54, 1.807) is 0 Å². The second-order valence-corrected chi connectivity index (χ2v) is 4.47. The van der Waals surface area contributed by atoms with Crippen LogP contribution in [0.2, 0.25) is 0 Å². The molecule has 5 heteroatoms. The molecule has 2 rings (SSSR count). The predicted molar refractivity (Wildman–Crippen MR) is 74.2 cm³/mol. The number of nitrogens with zero attached hydrogens (tertiary/aromatic N) is 2. The fourth-order valence-corrected chi connectivity index (χ4v) is 2.09. The lowest BCUT2D eigenvalue weighted by Crippen LogP contribution is -2.42. The number of hydrogen-bond acceptors (Lipinski definition) is 5. The van der Waals surface area contributed by atoms with E-state index in [-0.39, 0.29) is 0 Å². The van der Waals surface area contributed by atoms with Gasteiger partial charge in [0.05, 0.1) is 37.2 Å². The first kappa shape index (κ1) is 13.5. The van der Waals surface area contributed by atoms with Crippen LogP contribution in [-0.4, -0.2) is 32.4 Å². The lowest BCUT2D eigenvalue weighted by molar-refractivity contribution is 0.0765. The molecular weight excluding hydrogens is 242 g/mol. The fraction of sp³-hybridized carbons (Fsp3) is 0.500. The van der Waals surface area contributed by atoms with Crippen LogP contribution in [0, 0.1) is 11.3 Å². The van der Waals surface area contributed by atoms with E-state index in [4.69, 9.17) is 20.5 Å². The molecule has 1 saturated heterocycles. The number of para-hydroxylation sites is 1. The maximum Gasteiger partial charge on any atom is 0.161 e. The molecule has 1 aliphatic rings. The van der Waals surface area contributed by atoms with Crippen molar-refractivity contribution in [2.45, 2.75) is 19.4 Å². The Bertz CT molecular complexity index is 470. The molecule has 0 bridgehead atoms. The van der Waals surface area contributed by atoms with Gasteiger partial charge in [-0.15, -0.1) is 0 Å². The average Bonchev–Trinajstić information content (AvgIpc) is 2.46. The zero-order valence-electron chi connectivity index (χ0n) is 11.1. The second-order valence-electron chi connectivity index (χ2n) is 4.47. The summed E-state index contributed by atoms with van der Waals surface area (Å²) < 4.78 is 11.0. The SMILES string of the molecule is CCCOc1cccc(N2CCOC(C#N)C2)c1N. The van der Waals surface area contributed by atoms with Crippen LogP contribution in [0.3, 0.4) is 0 Å². The van der Waals surface area contributed by atoms with E-state index in [1.807, 2.05) is 18.2 Å². The lowest BCUT2D eigenvalue weighted by atomic mass is 10.2. The Labute approximate surface area is 113 Å². The summed E-state index contributed by atoms with van der Waals surface area (Å²) in [7, 11) is 0. The highest BCUT2D eigenvalue weighted by Crippen LogP contribution is 2.33. The summed E-state index contributed by atoms with van der Waals surface area (Å²) in [4.78, 5) is 2.07. The van der Waals surface area contributed by atoms with Crippen LogP contribution in [-0.2, 0) is 4.74 Å². The van der Waals surface area contributed by atoms with Crippen molar-refractivity contribution in [3.63, 3.8) is 0 Å². The number of anilines is 2. The normalized spacial score (nSPS) is 18.9. The molecule has 1 unspecified atom stereocenters. The number of nitrogens with two attached hydrogens (primary N) is 1. The highest BCUT2D eigenvalue weighted by Gasteiger charge is 2.22. The van der Waals surface area contributed by atoms with Crippen LogP contribution < -0.4 is 15.4 Å². The van der Waals surface area contributed by atoms with Gasteiger partial charge in [-0.2, -0.15) is 5.26 Å². The summed E-state index contributed by atoms with van der Waals surface area (Å²) in [6, 6.07) is 7.88. The van der Waals surface area contributed by atoms with Gasteiger partial charge in [0.1, 0.15) is 5.75 Å². The van der Waals surface area contributed by atoms with Gasteiger partial charge in [0.25, 0.3) is 0 Å². The molecule has 0 aromatic heterocycles. The smallest absolute Gasteiger partial charge is 0.161 e. The molecule has 0 radical (unpaired) electrons. The second kappa shape index (κ2) is 6.30. The summed E-state index contributed by atoms with van der Waals surface area (Å²) in [6.45, 7) is 4.52. The highest BCUT2D eigenvalue weighted by molar-refractivity contribution is 5.74. The lowest BCUT2D eigenvalue weighted by Gasteiger charge is -2.32. The molecule has 5 nitrogen and oxygen atoms in total. The van der Waals surface area contributed by atoms with Crippen molar-refractivity contribution in [3.05, 3.63) is 18.2 Å². The molecule has 2 N–H and O–H groups in total. The minimum absolute atomic E-state index is 0.395. The summed E-state index contributed by atoms with van der Waals surface area (Å²) in [6.07, 6.45) is 0.547. The van der Waals surface area contributed by atoms with Crippen LogP contribution >= 0.6 is 0 Å². The molecule has 1 atom stereocenters. The van der Waals surface area contributed by atoms with E-state index < -0.39 is 6.10 Å². The number of nitrogen functional groups attached to an aromatic ring is 1. The first-order valence-electron chi connectivity index (χ1n) is 6.53. The van der Waals surface area contributed by atoms with Crippen molar-refractivity contribution in [3.8, 4) is 11.8 Å². The van der Waals surface area contributed by atoms with Gasteiger partial charge in [-0.1, -0.05) is 13.0 Å². The summed E-state index contributed by atoms with van der Waals surface area (Å²) in [5.41, 5.74) is 7.70. The number of nitriles is 1. The Morgan fingerprint density at radius 2 is 2.42 bits per heavy atom. The van der Waals surface area contributed by atoms with E-state index in [1.165, 1.54) is 0 Å². The molecular formula is C14H19N3O2. The largest absolute Gasteiger partial charge is 0.491 e. The van der Waals surface area contributed by atoms with Crippen molar-refractivity contribution in [2.24, 2.45) is 0 Å². The van der Waals surface area contributed by atoms with Crippen LogP contribution in [0.1, 0.15) is 13.3 Å². The third-order valence-electron chi connectivity index (χ3n) is 3.06. The molecule has 1 heterocycles. The van der Waals surface area contributed by atoms with Crippen molar-refractivity contribution >= 4 is 11.4 Å². The fourth-order valence-electron chi connectivity index (χ4n) is 2.09. The Hall–Kier alpha value is -1.93. The summed E-state index contributed by atoms with van der Waals surface area (Å²) in [5, 5.41) is 8.94. The first-order chi connectivity index (χ1) is 9.26. The zero-order chi connectivity index (χ0) is 13.7. The molecule has 19 heavy (non-hydrogen) atoms. The Morgan fingerprint density at radius 3 is 3.16 bits per heavy atom. The van der Waals surface area contributed by atoms with E-state index >= 15 is 0 Å². The topological polar surface area (TPSA) is 71.5 Å². The minimum Gasteiger partial charge on any atom is -0.491 e. The van der Waals surface area contributed by atoms with E-state index in [2.05, 4.69) is 17.9 Å². The van der Waals surface area contributed by atoms with Crippen LogP contribution in [0.5, 0.6) is 5.75 Å². The van der Waals surface area contributed by atoms with Crippen LogP contribution in [0.15, 0.2) is 18.2 Å². The third kappa shape index (κ3) is 3.09. The maximum absolute atomic E-state index is 8.94. The van der Waals surface area contributed by atoms with Gasteiger partial charge in [-0.25, -0.2) is 0 Å². The third-order valence-corrected chi connectivity index (χ3v) is 3.06. The monoisotopic (exact) mass is 261 g/mol. The predicted octanol–water partition coefficient (Wildman–Crippen LogP) is 1.79. The molecule has 102 valence electrons. The van der Waals surface area contributed by atoms with Gasteiger partial charge in [0.15, 0.2) is 6.10 Å². The molecule has 1 aromatic rings. The van der Waals surface area contributed by atoms with Crippen molar-refractivity contribution in [2.75, 3.05) is 36.9 Å². The van der Waals surface area contributed by atoms with Crippen molar-refractivity contribution in [1.29, 1.82) is 5.26 Å². The van der Waals surface area contributed by atoms with Crippen molar-refractivity contribution < 1.29 is 9.47 Å². The summed E-state index contributed by atoms with van der Waals surface area (Å²) in [5.74, 6) is 0.708. The number of rotatable bonds is 4. The number of benzene rings is 1. The number of hydrogen-bond donors (Lipinski definition) is 1. The number of morpholine rings is 1. The quantitative estimate of drug-likeness (QED) is 0.837. The van der Waals surface area contributed by atoms with Crippen LogP contribution in [0.25, 0.3) is 0 Å². The Morgan fingerprint density at radius 1 is 1.58 bits per heavy atom. The minimum atomic E-state index is -0.395. The molecule has 0 amide bonds. The van der Waals surface area contributed by atoms with Gasteiger partial charge in [0.2, 0.25) is 0 Å². The van der Waals surface area contributed by atoms with Gasteiger partial charge in [-0.05, 0) is 18.6 Å². The standard InChI is InChI=1S/C14H19N3O2/c1-2-7-19-13-5-3-4-12(14(13)16)17-6-8-18-11(9-15)10-17/h3-5,11H,2,6-8,10,16H2,1H3. The molecule has 1 aromatic carbocycles. The van der Waals surface area contributed by atoms with Gasteiger partial charge in [0, 0.05) is 6.54 Å². The van der Waals surface area contributed by atoms with Gasteiger partial charge < -0.3 is 20.1 Å². The average molecular weight is 261 g/mol.